The molecule has 1 atom stereocenters. The lowest BCUT2D eigenvalue weighted by Crippen LogP contribution is -2.55. The van der Waals surface area contributed by atoms with E-state index in [1.807, 2.05) is 0 Å². The van der Waals surface area contributed by atoms with Gasteiger partial charge in [0.15, 0.2) is 0 Å². The van der Waals surface area contributed by atoms with Crippen molar-refractivity contribution >= 4 is 22.6 Å². The maximum absolute atomic E-state index is 10.9. The van der Waals surface area contributed by atoms with Crippen molar-refractivity contribution in [1.29, 1.82) is 0 Å². The molecule has 1 aliphatic rings. The smallest absolute Gasteiger partial charge is 0.0764 e. The number of hydrogen-bond acceptors (Lipinski definition) is 2. The Balaban J connectivity index is 2.14. The van der Waals surface area contributed by atoms with Crippen LogP contribution in [-0.4, -0.2) is 34.7 Å². The quantitative estimate of drug-likeness (QED) is 0.750. The van der Waals surface area contributed by atoms with Crippen molar-refractivity contribution in [1.82, 2.24) is 4.90 Å². The molecule has 0 aliphatic heterocycles. The zero-order valence-corrected chi connectivity index (χ0v) is 14.8. The highest BCUT2D eigenvalue weighted by Crippen LogP contribution is 2.39. The van der Waals surface area contributed by atoms with Gasteiger partial charge in [0.05, 0.1) is 6.10 Å². The predicted octanol–water partition coefficient (Wildman–Crippen LogP) is 3.85. The lowest BCUT2D eigenvalue weighted by Gasteiger charge is -2.44. The Morgan fingerprint density at radius 3 is 2.20 bits per heavy atom. The van der Waals surface area contributed by atoms with Crippen LogP contribution in [-0.2, 0) is 6.42 Å². The zero-order chi connectivity index (χ0) is 14.6. The molecule has 0 heterocycles. The van der Waals surface area contributed by atoms with Crippen LogP contribution in [0.4, 0.5) is 0 Å². The van der Waals surface area contributed by atoms with Crippen LogP contribution in [0.1, 0.15) is 45.1 Å². The SMILES string of the molecule is CCN(CC)C1(C(O)Cc2ccc(I)cc2)CCCC1. The van der Waals surface area contributed by atoms with E-state index in [4.69, 9.17) is 0 Å². The Labute approximate surface area is 136 Å². The number of aliphatic hydroxyl groups is 1. The Morgan fingerprint density at radius 1 is 1.15 bits per heavy atom. The molecular formula is C17H26INO. The summed E-state index contributed by atoms with van der Waals surface area (Å²) in [5, 5.41) is 10.9. The average molecular weight is 387 g/mol. The maximum atomic E-state index is 10.9. The molecule has 112 valence electrons. The van der Waals surface area contributed by atoms with Gasteiger partial charge in [0.1, 0.15) is 0 Å². The summed E-state index contributed by atoms with van der Waals surface area (Å²) in [6.45, 7) is 6.48. The standard InChI is InChI=1S/C17H26INO/c1-3-19(4-2)17(11-5-6-12-17)16(20)13-14-7-9-15(18)10-8-14/h7-10,16,20H,3-6,11-13H2,1-2H3. The molecule has 0 amide bonds. The minimum Gasteiger partial charge on any atom is -0.391 e. The van der Waals surface area contributed by atoms with Crippen molar-refractivity contribution < 1.29 is 5.11 Å². The zero-order valence-electron chi connectivity index (χ0n) is 12.6. The van der Waals surface area contributed by atoms with E-state index in [2.05, 4.69) is 65.6 Å². The van der Waals surface area contributed by atoms with Gasteiger partial charge < -0.3 is 5.11 Å². The van der Waals surface area contributed by atoms with E-state index >= 15 is 0 Å². The van der Waals surface area contributed by atoms with E-state index in [1.165, 1.54) is 22.0 Å². The van der Waals surface area contributed by atoms with Crippen molar-refractivity contribution in [2.45, 2.75) is 57.6 Å². The third-order valence-electron chi connectivity index (χ3n) is 4.83. The van der Waals surface area contributed by atoms with Crippen molar-refractivity contribution in [3.05, 3.63) is 33.4 Å². The van der Waals surface area contributed by atoms with Crippen molar-refractivity contribution in [2.75, 3.05) is 13.1 Å². The summed E-state index contributed by atoms with van der Waals surface area (Å²) in [5.74, 6) is 0. The van der Waals surface area contributed by atoms with Gasteiger partial charge in [0.2, 0.25) is 0 Å². The first-order valence-corrected chi connectivity index (χ1v) is 8.88. The van der Waals surface area contributed by atoms with Crippen LogP contribution >= 0.6 is 22.6 Å². The summed E-state index contributed by atoms with van der Waals surface area (Å²) >= 11 is 2.32. The number of likely N-dealkylation sites (N-methyl/N-ethyl adjacent to an activating group) is 1. The Hall–Kier alpha value is -0.130. The van der Waals surface area contributed by atoms with Crippen LogP contribution in [0.3, 0.4) is 0 Å². The molecule has 20 heavy (non-hydrogen) atoms. The molecule has 1 aromatic rings. The maximum Gasteiger partial charge on any atom is 0.0764 e. The number of rotatable bonds is 6. The molecule has 0 bridgehead atoms. The highest BCUT2D eigenvalue weighted by Gasteiger charge is 2.44. The second-order valence-corrected chi connectivity index (χ2v) is 7.07. The molecule has 1 N–H and O–H groups in total. The molecule has 2 rings (SSSR count). The third kappa shape index (κ3) is 3.37. The van der Waals surface area contributed by atoms with E-state index in [1.54, 1.807) is 0 Å². The highest BCUT2D eigenvalue weighted by atomic mass is 127. The highest BCUT2D eigenvalue weighted by molar-refractivity contribution is 14.1. The van der Waals surface area contributed by atoms with Crippen molar-refractivity contribution in [2.24, 2.45) is 0 Å². The minimum absolute atomic E-state index is 0.00644. The van der Waals surface area contributed by atoms with Gasteiger partial charge in [-0.15, -0.1) is 0 Å². The van der Waals surface area contributed by atoms with Gasteiger partial charge in [0.25, 0.3) is 0 Å². The van der Waals surface area contributed by atoms with Gasteiger partial charge >= 0.3 is 0 Å². The number of aliphatic hydroxyl groups excluding tert-OH is 1. The summed E-state index contributed by atoms with van der Waals surface area (Å²) < 4.78 is 1.25. The minimum atomic E-state index is -0.259. The van der Waals surface area contributed by atoms with Crippen LogP contribution in [0, 0.1) is 3.57 Å². The Bertz CT molecular complexity index is 408. The van der Waals surface area contributed by atoms with Crippen LogP contribution in [0.15, 0.2) is 24.3 Å². The summed E-state index contributed by atoms with van der Waals surface area (Å²) in [6, 6.07) is 8.55. The second-order valence-electron chi connectivity index (χ2n) is 5.83. The number of nitrogens with zero attached hydrogens (tertiary/aromatic N) is 1. The molecule has 0 radical (unpaired) electrons. The van der Waals surface area contributed by atoms with Gasteiger partial charge in [-0.2, -0.15) is 0 Å². The normalized spacial score (nSPS) is 19.4. The van der Waals surface area contributed by atoms with Gasteiger partial charge in [0, 0.05) is 15.5 Å². The molecule has 1 aromatic carbocycles. The van der Waals surface area contributed by atoms with Crippen molar-refractivity contribution in [3.8, 4) is 0 Å². The first kappa shape index (κ1) is 16.2. The van der Waals surface area contributed by atoms with Gasteiger partial charge in [-0.1, -0.05) is 38.8 Å². The molecule has 1 unspecified atom stereocenters. The summed E-state index contributed by atoms with van der Waals surface area (Å²) in [6.07, 6.45) is 5.29. The third-order valence-corrected chi connectivity index (χ3v) is 5.54. The van der Waals surface area contributed by atoms with E-state index < -0.39 is 0 Å². The fourth-order valence-electron chi connectivity index (χ4n) is 3.73. The van der Waals surface area contributed by atoms with E-state index in [9.17, 15) is 5.11 Å². The molecule has 3 heteroatoms. The number of benzene rings is 1. The fourth-order valence-corrected chi connectivity index (χ4v) is 4.09. The Kier molecular flexibility index (Phi) is 5.87. The van der Waals surface area contributed by atoms with Gasteiger partial charge in [-0.25, -0.2) is 0 Å². The lowest BCUT2D eigenvalue weighted by molar-refractivity contribution is -0.0244. The van der Waals surface area contributed by atoms with Crippen LogP contribution < -0.4 is 0 Å². The van der Waals surface area contributed by atoms with E-state index in [-0.39, 0.29) is 11.6 Å². The number of hydrogen-bond donors (Lipinski definition) is 1. The largest absolute Gasteiger partial charge is 0.391 e. The summed E-state index contributed by atoms with van der Waals surface area (Å²) in [4.78, 5) is 2.48. The predicted molar refractivity (Wildman–Crippen MR) is 93.0 cm³/mol. The van der Waals surface area contributed by atoms with Gasteiger partial charge in [-0.05, 0) is 66.2 Å². The summed E-state index contributed by atoms with van der Waals surface area (Å²) in [5.41, 5.74) is 1.25. The van der Waals surface area contributed by atoms with Crippen LogP contribution in [0.5, 0.6) is 0 Å². The Morgan fingerprint density at radius 2 is 1.70 bits per heavy atom. The molecule has 2 nitrogen and oxygen atoms in total. The molecule has 0 saturated heterocycles. The summed E-state index contributed by atoms with van der Waals surface area (Å²) in [7, 11) is 0. The van der Waals surface area contributed by atoms with E-state index in [0.717, 1.165) is 32.4 Å². The average Bonchev–Trinajstić information content (AvgIpc) is 2.93. The first-order chi connectivity index (χ1) is 9.62. The molecule has 0 spiro atoms. The molecule has 1 fully saturated rings. The first-order valence-electron chi connectivity index (χ1n) is 7.80. The fraction of sp³-hybridized carbons (Fsp3) is 0.647. The number of halogens is 1. The van der Waals surface area contributed by atoms with Crippen LogP contribution in [0.25, 0.3) is 0 Å². The topological polar surface area (TPSA) is 23.5 Å². The molecule has 1 aliphatic carbocycles. The monoisotopic (exact) mass is 387 g/mol. The van der Waals surface area contributed by atoms with Crippen LogP contribution in [0.2, 0.25) is 0 Å². The van der Waals surface area contributed by atoms with Gasteiger partial charge in [-0.3, -0.25) is 4.90 Å². The van der Waals surface area contributed by atoms with E-state index in [0.29, 0.717) is 0 Å². The molecular weight excluding hydrogens is 361 g/mol. The lowest BCUT2D eigenvalue weighted by atomic mass is 9.84. The molecule has 0 aromatic heterocycles. The second kappa shape index (κ2) is 7.23. The van der Waals surface area contributed by atoms with Crippen molar-refractivity contribution in [3.63, 3.8) is 0 Å². The molecule has 1 saturated carbocycles.